The minimum Gasteiger partial charge on any atom is -0.478 e. The van der Waals surface area contributed by atoms with Gasteiger partial charge in [-0.05, 0) is 56.5 Å². The quantitative estimate of drug-likeness (QED) is 0.796. The van der Waals surface area contributed by atoms with Crippen molar-refractivity contribution in [3.63, 3.8) is 0 Å². The van der Waals surface area contributed by atoms with Gasteiger partial charge in [-0.2, -0.15) is 0 Å². The zero-order chi connectivity index (χ0) is 20.5. The number of carbonyl (C=O) groups is 3. The van der Waals surface area contributed by atoms with Gasteiger partial charge in [0, 0.05) is 24.6 Å². The molecule has 2 aromatic carbocycles. The van der Waals surface area contributed by atoms with Crippen LogP contribution >= 0.6 is 0 Å². The molecule has 0 aromatic heterocycles. The summed E-state index contributed by atoms with van der Waals surface area (Å²) in [6, 6.07) is 10.3. The number of likely N-dealkylation sites (tertiary alicyclic amines) is 1. The smallest absolute Gasteiger partial charge is 0.410 e. The Morgan fingerprint density at radius 1 is 1.14 bits per heavy atom. The zero-order valence-electron chi connectivity index (χ0n) is 16.4. The minimum atomic E-state index is -1.06. The molecule has 148 valence electrons. The predicted molar refractivity (Wildman–Crippen MR) is 106 cm³/mol. The number of nitrogens with zero attached hydrogens (tertiary/aromatic N) is 1. The summed E-state index contributed by atoms with van der Waals surface area (Å²) in [5.41, 5.74) is -0.114. The molecule has 1 saturated heterocycles. The number of benzene rings is 2. The first-order valence-corrected chi connectivity index (χ1v) is 9.44. The second kappa shape index (κ2) is 7.62. The summed E-state index contributed by atoms with van der Waals surface area (Å²) < 4.78 is 5.42. The van der Waals surface area contributed by atoms with Gasteiger partial charge in [0.25, 0.3) is 0 Å². The molecule has 1 unspecified atom stereocenters. The molecule has 1 aliphatic heterocycles. The number of Topliss-reactive ketones (excluding diaryl/α,β-unsaturated/α-hetero) is 1. The lowest BCUT2D eigenvalue weighted by Gasteiger charge is -2.33. The molecule has 2 aromatic rings. The van der Waals surface area contributed by atoms with Crippen LogP contribution in [0.2, 0.25) is 0 Å². The summed E-state index contributed by atoms with van der Waals surface area (Å²) in [5, 5.41) is 10.9. The van der Waals surface area contributed by atoms with Crippen LogP contribution in [-0.2, 0) is 4.74 Å². The van der Waals surface area contributed by atoms with Crippen LogP contribution in [-0.4, -0.2) is 46.5 Å². The molecule has 0 spiro atoms. The van der Waals surface area contributed by atoms with Gasteiger partial charge in [0.2, 0.25) is 0 Å². The number of piperidine rings is 1. The van der Waals surface area contributed by atoms with E-state index in [0.29, 0.717) is 35.7 Å². The minimum absolute atomic E-state index is 0.112. The Morgan fingerprint density at radius 3 is 2.54 bits per heavy atom. The van der Waals surface area contributed by atoms with Crippen molar-refractivity contribution in [1.29, 1.82) is 0 Å². The van der Waals surface area contributed by atoms with Crippen molar-refractivity contribution in [2.24, 2.45) is 5.92 Å². The molecule has 6 heteroatoms. The van der Waals surface area contributed by atoms with E-state index in [1.165, 1.54) is 6.07 Å². The molecule has 0 aliphatic carbocycles. The van der Waals surface area contributed by atoms with Gasteiger partial charge in [0.15, 0.2) is 5.78 Å². The molecule has 1 heterocycles. The number of amides is 1. The molecule has 1 N–H and O–H groups in total. The van der Waals surface area contributed by atoms with Crippen molar-refractivity contribution in [1.82, 2.24) is 4.90 Å². The van der Waals surface area contributed by atoms with Crippen LogP contribution in [0.15, 0.2) is 36.4 Å². The van der Waals surface area contributed by atoms with E-state index in [1.54, 1.807) is 49.9 Å². The summed E-state index contributed by atoms with van der Waals surface area (Å²) in [6.45, 7) is 6.25. The Bertz CT molecular complexity index is 928. The molecule has 0 radical (unpaired) electrons. The molecule has 6 nitrogen and oxygen atoms in total. The van der Waals surface area contributed by atoms with Crippen LogP contribution in [0.1, 0.15) is 54.3 Å². The maximum atomic E-state index is 13.1. The Hall–Kier alpha value is -2.89. The maximum absolute atomic E-state index is 13.1. The van der Waals surface area contributed by atoms with Crippen LogP contribution in [0.25, 0.3) is 10.8 Å². The van der Waals surface area contributed by atoms with Crippen molar-refractivity contribution in [3.8, 4) is 0 Å². The SMILES string of the molecule is CC(C)(C)OC(=O)N1CCCC(C(=O)c2cc(C(=O)O)c3ccccc3c2)C1. The largest absolute Gasteiger partial charge is 0.478 e. The van der Waals surface area contributed by atoms with Crippen molar-refractivity contribution < 1.29 is 24.2 Å². The number of ether oxygens (including phenoxy) is 1. The van der Waals surface area contributed by atoms with Gasteiger partial charge in [0.05, 0.1) is 5.56 Å². The fraction of sp³-hybridized carbons (Fsp3) is 0.409. The molecule has 1 aliphatic rings. The zero-order valence-corrected chi connectivity index (χ0v) is 16.4. The fourth-order valence-corrected chi connectivity index (χ4v) is 3.55. The average Bonchev–Trinajstić information content (AvgIpc) is 2.65. The van der Waals surface area contributed by atoms with Crippen molar-refractivity contribution in [2.75, 3.05) is 13.1 Å². The standard InChI is InChI=1S/C22H25NO5/c1-22(2,3)28-21(27)23-10-6-8-15(13-23)19(24)16-11-14-7-4-5-9-17(14)18(12-16)20(25)26/h4-5,7,9,11-12,15H,6,8,10,13H2,1-3H3,(H,25,26). The first kappa shape index (κ1) is 19.9. The van der Waals surface area contributed by atoms with Crippen molar-refractivity contribution >= 4 is 28.6 Å². The van der Waals surface area contributed by atoms with Gasteiger partial charge in [0.1, 0.15) is 5.60 Å². The third-order valence-corrected chi connectivity index (χ3v) is 4.82. The highest BCUT2D eigenvalue weighted by molar-refractivity contribution is 6.09. The Kier molecular flexibility index (Phi) is 5.40. The number of carboxylic acids is 1. The molecular formula is C22H25NO5. The number of hydrogen-bond donors (Lipinski definition) is 1. The van der Waals surface area contributed by atoms with Crippen molar-refractivity contribution in [2.45, 2.75) is 39.2 Å². The molecule has 28 heavy (non-hydrogen) atoms. The van der Waals surface area contributed by atoms with E-state index < -0.39 is 17.7 Å². The van der Waals surface area contributed by atoms with E-state index in [4.69, 9.17) is 4.74 Å². The Balaban J connectivity index is 1.85. The molecular weight excluding hydrogens is 358 g/mol. The first-order valence-electron chi connectivity index (χ1n) is 9.44. The van der Waals surface area contributed by atoms with Gasteiger partial charge in [-0.15, -0.1) is 0 Å². The molecule has 0 saturated carbocycles. The van der Waals surface area contributed by atoms with E-state index in [2.05, 4.69) is 0 Å². The predicted octanol–water partition coefficient (Wildman–Crippen LogP) is 4.37. The Morgan fingerprint density at radius 2 is 1.86 bits per heavy atom. The van der Waals surface area contributed by atoms with Crippen molar-refractivity contribution in [3.05, 3.63) is 47.5 Å². The summed E-state index contributed by atoms with van der Waals surface area (Å²) in [6.07, 6.45) is 0.942. The summed E-state index contributed by atoms with van der Waals surface area (Å²) in [5.74, 6) is -1.57. The molecule has 1 amide bonds. The first-order chi connectivity index (χ1) is 13.2. The highest BCUT2D eigenvalue weighted by Gasteiger charge is 2.32. The lowest BCUT2D eigenvalue weighted by molar-refractivity contribution is 0.0172. The number of carboxylic acid groups (broad SMARTS) is 1. The van der Waals surface area contributed by atoms with Crippen LogP contribution in [0.4, 0.5) is 4.79 Å². The van der Waals surface area contributed by atoms with Gasteiger partial charge >= 0.3 is 12.1 Å². The van der Waals surface area contributed by atoms with E-state index in [9.17, 15) is 19.5 Å². The molecule has 1 fully saturated rings. The summed E-state index contributed by atoms with van der Waals surface area (Å²) >= 11 is 0. The highest BCUT2D eigenvalue weighted by atomic mass is 16.6. The second-order valence-corrected chi connectivity index (χ2v) is 8.18. The molecule has 0 bridgehead atoms. The normalized spacial score (nSPS) is 17.4. The van der Waals surface area contributed by atoms with Gasteiger partial charge in [-0.25, -0.2) is 9.59 Å². The average molecular weight is 383 g/mol. The van der Waals surface area contributed by atoms with E-state index in [1.807, 2.05) is 6.07 Å². The lowest BCUT2D eigenvalue weighted by Crippen LogP contribution is -2.44. The number of rotatable bonds is 3. The number of carbonyl (C=O) groups excluding carboxylic acids is 2. The van der Waals surface area contributed by atoms with Gasteiger partial charge in [-0.1, -0.05) is 24.3 Å². The van der Waals surface area contributed by atoms with Crippen LogP contribution in [0.3, 0.4) is 0 Å². The van der Waals surface area contributed by atoms with Gasteiger partial charge < -0.3 is 14.7 Å². The maximum Gasteiger partial charge on any atom is 0.410 e. The monoisotopic (exact) mass is 383 g/mol. The highest BCUT2D eigenvalue weighted by Crippen LogP contribution is 2.27. The second-order valence-electron chi connectivity index (χ2n) is 8.18. The number of aromatic carboxylic acids is 1. The van der Waals surface area contributed by atoms with E-state index >= 15 is 0 Å². The molecule has 3 rings (SSSR count). The molecule has 1 atom stereocenters. The van der Waals surface area contributed by atoms with Crippen LogP contribution in [0, 0.1) is 5.92 Å². The Labute approximate surface area is 164 Å². The summed E-state index contributed by atoms with van der Waals surface area (Å²) in [7, 11) is 0. The topological polar surface area (TPSA) is 83.9 Å². The third kappa shape index (κ3) is 4.32. The number of hydrogen-bond acceptors (Lipinski definition) is 4. The number of fused-ring (bicyclic) bond motifs is 1. The van der Waals surface area contributed by atoms with E-state index in [0.717, 1.165) is 0 Å². The van der Waals surface area contributed by atoms with Gasteiger partial charge in [-0.3, -0.25) is 4.79 Å². The lowest BCUT2D eigenvalue weighted by atomic mass is 9.88. The summed E-state index contributed by atoms with van der Waals surface area (Å²) in [4.78, 5) is 38.7. The third-order valence-electron chi connectivity index (χ3n) is 4.82. The fourth-order valence-electron chi connectivity index (χ4n) is 3.55. The number of ketones is 1. The van der Waals surface area contributed by atoms with E-state index in [-0.39, 0.29) is 23.8 Å². The van der Waals surface area contributed by atoms with Crippen LogP contribution < -0.4 is 0 Å². The van der Waals surface area contributed by atoms with Crippen LogP contribution in [0.5, 0.6) is 0 Å².